The van der Waals surface area contributed by atoms with Gasteiger partial charge in [-0.05, 0) is 30.3 Å². The van der Waals surface area contributed by atoms with Crippen LogP contribution < -0.4 is 9.46 Å². The minimum atomic E-state index is -4.13. The maximum absolute atomic E-state index is 13.6. The van der Waals surface area contributed by atoms with E-state index in [1.807, 2.05) is 4.72 Å². The summed E-state index contributed by atoms with van der Waals surface area (Å²) in [6, 6.07) is 7.57. The van der Waals surface area contributed by atoms with Gasteiger partial charge in [0.2, 0.25) is 0 Å². The fraction of sp³-hybridized carbons (Fsp3) is 0.0769. The van der Waals surface area contributed by atoms with Gasteiger partial charge in [0, 0.05) is 4.47 Å². The highest BCUT2D eigenvalue weighted by molar-refractivity contribution is 9.10. The molecule has 0 aliphatic heterocycles. The lowest BCUT2D eigenvalue weighted by Gasteiger charge is -2.12. The van der Waals surface area contributed by atoms with Crippen LogP contribution in [-0.4, -0.2) is 15.5 Å². The second kappa shape index (κ2) is 5.98. The number of hydrogen-bond acceptors (Lipinski definition) is 3. The highest BCUT2D eigenvalue weighted by Gasteiger charge is 2.22. The normalized spacial score (nSPS) is 11.2. The van der Waals surface area contributed by atoms with Gasteiger partial charge in [0.15, 0.2) is 11.6 Å². The predicted molar refractivity (Wildman–Crippen MR) is 77.9 cm³/mol. The Labute approximate surface area is 128 Å². The summed E-state index contributed by atoms with van der Waals surface area (Å²) < 4.78 is 58.8. The standard InChI is InChI=1S/C13H10BrF2NO3S/c1-20-11-6-5-8(14)7-12(11)21(18,19)17-10-4-2-3-9(15)13(10)16/h2-7,17H,1H3. The van der Waals surface area contributed by atoms with Crippen LogP contribution in [0.2, 0.25) is 0 Å². The van der Waals surface area contributed by atoms with Crippen molar-refractivity contribution in [2.75, 3.05) is 11.8 Å². The van der Waals surface area contributed by atoms with Gasteiger partial charge in [0.1, 0.15) is 10.6 Å². The molecule has 21 heavy (non-hydrogen) atoms. The van der Waals surface area contributed by atoms with Gasteiger partial charge in [-0.1, -0.05) is 22.0 Å². The number of anilines is 1. The van der Waals surface area contributed by atoms with E-state index < -0.39 is 27.3 Å². The highest BCUT2D eigenvalue weighted by Crippen LogP contribution is 2.29. The van der Waals surface area contributed by atoms with Crippen LogP contribution in [0, 0.1) is 11.6 Å². The van der Waals surface area contributed by atoms with Crippen LogP contribution in [0.1, 0.15) is 0 Å². The molecule has 0 spiro atoms. The van der Waals surface area contributed by atoms with Crippen molar-refractivity contribution in [2.45, 2.75) is 4.90 Å². The summed E-state index contributed by atoms with van der Waals surface area (Å²) in [6.07, 6.45) is 0. The zero-order valence-corrected chi connectivity index (χ0v) is 13.1. The number of sulfonamides is 1. The van der Waals surface area contributed by atoms with Crippen molar-refractivity contribution < 1.29 is 21.9 Å². The Morgan fingerprint density at radius 3 is 2.57 bits per heavy atom. The number of methoxy groups -OCH3 is 1. The average molecular weight is 378 g/mol. The molecule has 112 valence electrons. The number of ether oxygens (including phenoxy) is 1. The predicted octanol–water partition coefficient (Wildman–Crippen LogP) is 3.54. The van der Waals surface area contributed by atoms with Crippen molar-refractivity contribution >= 4 is 31.6 Å². The van der Waals surface area contributed by atoms with Crippen molar-refractivity contribution in [1.29, 1.82) is 0 Å². The Morgan fingerprint density at radius 2 is 1.90 bits per heavy atom. The van der Waals surface area contributed by atoms with Gasteiger partial charge < -0.3 is 4.74 Å². The minimum Gasteiger partial charge on any atom is -0.495 e. The molecule has 1 N–H and O–H groups in total. The van der Waals surface area contributed by atoms with Crippen molar-refractivity contribution in [3.63, 3.8) is 0 Å². The van der Waals surface area contributed by atoms with Crippen LogP contribution in [0.4, 0.5) is 14.5 Å². The number of halogens is 3. The molecule has 4 nitrogen and oxygen atoms in total. The van der Waals surface area contributed by atoms with Crippen LogP contribution in [-0.2, 0) is 10.0 Å². The molecule has 2 aromatic rings. The van der Waals surface area contributed by atoms with Crippen LogP contribution >= 0.6 is 15.9 Å². The third kappa shape index (κ3) is 3.33. The molecule has 0 aliphatic carbocycles. The molecule has 8 heteroatoms. The third-order valence-electron chi connectivity index (χ3n) is 2.61. The summed E-state index contributed by atoms with van der Waals surface area (Å²) in [7, 11) is -2.82. The summed E-state index contributed by atoms with van der Waals surface area (Å²) >= 11 is 3.15. The first-order valence-electron chi connectivity index (χ1n) is 5.65. The number of rotatable bonds is 4. The Balaban J connectivity index is 2.48. The van der Waals surface area contributed by atoms with E-state index >= 15 is 0 Å². The van der Waals surface area contributed by atoms with Gasteiger partial charge in [-0.25, -0.2) is 17.2 Å². The van der Waals surface area contributed by atoms with E-state index in [2.05, 4.69) is 15.9 Å². The van der Waals surface area contributed by atoms with Gasteiger partial charge >= 0.3 is 0 Å². The van der Waals surface area contributed by atoms with Crippen molar-refractivity contribution in [2.24, 2.45) is 0 Å². The highest BCUT2D eigenvalue weighted by atomic mass is 79.9. The summed E-state index contributed by atoms with van der Waals surface area (Å²) in [4.78, 5) is -0.192. The maximum Gasteiger partial charge on any atom is 0.265 e. The topological polar surface area (TPSA) is 55.4 Å². The number of nitrogens with one attached hydrogen (secondary N) is 1. The van der Waals surface area contributed by atoms with Crippen LogP contribution in [0.25, 0.3) is 0 Å². The van der Waals surface area contributed by atoms with E-state index in [0.717, 1.165) is 12.1 Å². The summed E-state index contributed by atoms with van der Waals surface area (Å²) in [6.45, 7) is 0. The van der Waals surface area contributed by atoms with Crippen molar-refractivity contribution in [1.82, 2.24) is 0 Å². The van der Waals surface area contributed by atoms with Gasteiger partial charge in [0.25, 0.3) is 10.0 Å². The molecule has 0 aromatic heterocycles. The SMILES string of the molecule is COc1ccc(Br)cc1S(=O)(=O)Nc1cccc(F)c1F. The zero-order valence-electron chi connectivity index (χ0n) is 10.7. The molecule has 0 fully saturated rings. The number of hydrogen-bond donors (Lipinski definition) is 1. The Morgan fingerprint density at radius 1 is 1.19 bits per heavy atom. The number of benzene rings is 2. The fourth-order valence-electron chi connectivity index (χ4n) is 1.64. The largest absolute Gasteiger partial charge is 0.495 e. The van der Waals surface area contributed by atoms with Gasteiger partial charge in [0.05, 0.1) is 12.8 Å². The molecule has 0 aliphatic rings. The molecule has 2 rings (SSSR count). The Kier molecular flexibility index (Phi) is 4.48. The van der Waals surface area contributed by atoms with Gasteiger partial charge in [-0.2, -0.15) is 0 Å². The quantitative estimate of drug-likeness (QED) is 0.886. The molecule has 0 saturated heterocycles. The van der Waals surface area contributed by atoms with Crippen LogP contribution in [0.5, 0.6) is 5.75 Å². The first-order valence-corrected chi connectivity index (χ1v) is 7.93. The zero-order chi connectivity index (χ0) is 15.6. The van der Waals surface area contributed by atoms with Crippen LogP contribution in [0.3, 0.4) is 0 Å². The minimum absolute atomic E-state index is 0.0857. The fourth-order valence-corrected chi connectivity index (χ4v) is 3.41. The average Bonchev–Trinajstić information content (AvgIpc) is 2.44. The first-order chi connectivity index (χ1) is 9.85. The molecule has 0 atom stereocenters. The van der Waals surface area contributed by atoms with Crippen molar-refractivity contribution in [3.8, 4) is 5.75 Å². The second-order valence-electron chi connectivity index (χ2n) is 4.00. The first kappa shape index (κ1) is 15.7. The van der Waals surface area contributed by atoms with E-state index in [4.69, 9.17) is 4.74 Å². The molecule has 0 unspecified atom stereocenters. The second-order valence-corrected chi connectivity index (χ2v) is 6.57. The molecular weight excluding hydrogens is 368 g/mol. The Hall–Kier alpha value is -1.67. The molecule has 2 aromatic carbocycles. The van der Waals surface area contributed by atoms with E-state index in [-0.39, 0.29) is 10.6 Å². The lowest BCUT2D eigenvalue weighted by Crippen LogP contribution is -2.15. The Bertz CT molecular complexity index is 781. The van der Waals surface area contributed by atoms with Gasteiger partial charge in [-0.15, -0.1) is 0 Å². The van der Waals surface area contributed by atoms with E-state index in [9.17, 15) is 17.2 Å². The van der Waals surface area contributed by atoms with E-state index in [1.165, 1.54) is 25.3 Å². The van der Waals surface area contributed by atoms with Crippen molar-refractivity contribution in [3.05, 3.63) is 52.5 Å². The van der Waals surface area contributed by atoms with E-state index in [0.29, 0.717) is 4.47 Å². The molecule has 0 heterocycles. The molecule has 0 radical (unpaired) electrons. The lowest BCUT2D eigenvalue weighted by molar-refractivity contribution is 0.402. The molecular formula is C13H10BrF2NO3S. The maximum atomic E-state index is 13.6. The molecule has 0 amide bonds. The monoisotopic (exact) mass is 377 g/mol. The summed E-state index contributed by atoms with van der Waals surface area (Å²) in [5, 5.41) is 0. The summed E-state index contributed by atoms with van der Waals surface area (Å²) in [5.74, 6) is -2.33. The van der Waals surface area contributed by atoms with Crippen LogP contribution in [0.15, 0.2) is 45.8 Å². The third-order valence-corrected chi connectivity index (χ3v) is 4.49. The summed E-state index contributed by atoms with van der Waals surface area (Å²) in [5.41, 5.74) is -0.475. The molecule has 0 bridgehead atoms. The smallest absolute Gasteiger partial charge is 0.265 e. The lowest BCUT2D eigenvalue weighted by atomic mass is 10.3. The molecule has 0 saturated carbocycles. The van der Waals surface area contributed by atoms with Gasteiger partial charge in [-0.3, -0.25) is 4.72 Å². The van der Waals surface area contributed by atoms with E-state index in [1.54, 1.807) is 6.07 Å².